The number of aliphatic carboxylic acids is 1. The average Bonchev–Trinajstić information content (AvgIpc) is 2.58. The van der Waals surface area contributed by atoms with Crippen LogP contribution in [0.1, 0.15) is 11.7 Å². The van der Waals surface area contributed by atoms with Gasteiger partial charge in [0.05, 0.1) is 5.75 Å². The zero-order chi connectivity index (χ0) is 14.8. The first kappa shape index (κ1) is 15.6. The lowest BCUT2D eigenvalue weighted by molar-refractivity contribution is -0.255. The number of nitrogens with zero attached hydrogens (tertiary/aromatic N) is 2. The predicted octanol–water partition coefficient (Wildman–Crippen LogP) is 2.19. The average molecular weight is 309 g/mol. The summed E-state index contributed by atoms with van der Waals surface area (Å²) in [5.74, 6) is -7.10. The molecule has 108 valence electrons. The van der Waals surface area contributed by atoms with Crippen molar-refractivity contribution in [3.63, 3.8) is 0 Å². The van der Waals surface area contributed by atoms with E-state index >= 15 is 0 Å². The highest BCUT2D eigenvalue weighted by molar-refractivity contribution is 7.99. The number of nitrogens with one attached hydrogen (secondary N) is 1. The fourth-order valence-electron chi connectivity index (χ4n) is 1.07. The topological polar surface area (TPSA) is 78.9 Å². The van der Waals surface area contributed by atoms with Crippen LogP contribution in [0, 0.1) is 0 Å². The van der Waals surface area contributed by atoms with E-state index in [1.807, 2.05) is 0 Å². The van der Waals surface area contributed by atoms with Crippen molar-refractivity contribution in [1.29, 1.82) is 0 Å². The van der Waals surface area contributed by atoms with Crippen molar-refractivity contribution in [1.82, 2.24) is 15.2 Å². The molecule has 0 radical (unpaired) electrons. The summed E-state index contributed by atoms with van der Waals surface area (Å²) in [6.45, 7) is 0. The van der Waals surface area contributed by atoms with E-state index in [2.05, 4.69) is 10.1 Å². The highest BCUT2D eigenvalue weighted by Gasteiger charge is 2.59. The van der Waals surface area contributed by atoms with Crippen LogP contribution in [-0.2, 0) is 4.79 Å². The van der Waals surface area contributed by atoms with E-state index in [1.165, 1.54) is 5.10 Å². The molecule has 12 heteroatoms. The van der Waals surface area contributed by atoms with Crippen molar-refractivity contribution in [2.45, 2.75) is 23.4 Å². The largest absolute Gasteiger partial charge is 0.481 e. The minimum atomic E-state index is -5.58. The Morgan fingerprint density at radius 1 is 1.26 bits per heavy atom. The van der Waals surface area contributed by atoms with Crippen LogP contribution in [-0.4, -0.2) is 44.4 Å². The number of halogens is 6. The molecule has 0 unspecified atom stereocenters. The zero-order valence-corrected chi connectivity index (χ0v) is 9.53. The molecule has 0 spiro atoms. The molecule has 0 atom stereocenters. The van der Waals surface area contributed by atoms with E-state index in [1.54, 1.807) is 0 Å². The number of hydrogen-bond donors (Lipinski definition) is 2. The van der Waals surface area contributed by atoms with E-state index in [9.17, 15) is 31.1 Å². The number of carboxylic acid groups (broad SMARTS) is 1. The molecular formula is C7H5F6N3O2S. The Hall–Kier alpha value is -1.46. The summed E-state index contributed by atoms with van der Waals surface area (Å²) in [6.07, 6.45) is -11.2. The van der Waals surface area contributed by atoms with E-state index in [0.717, 1.165) is 0 Å². The summed E-state index contributed by atoms with van der Waals surface area (Å²) in [5, 5.41) is 12.4. The molecular weight excluding hydrogens is 304 g/mol. The van der Waals surface area contributed by atoms with Gasteiger partial charge in [-0.05, 0) is 0 Å². The minimum Gasteiger partial charge on any atom is -0.481 e. The van der Waals surface area contributed by atoms with Gasteiger partial charge in [0.2, 0.25) is 11.1 Å². The molecule has 0 saturated carbocycles. The van der Waals surface area contributed by atoms with Crippen LogP contribution in [0.3, 0.4) is 0 Å². The number of thioether (sulfide) groups is 1. The standard InChI is InChI=1S/C7H5F6N3O2S/c8-6(9,10)3(7(11,12)13)4-14-5(16-15-4)19-1-2(17)18/h3H,1H2,(H,17,18)(H,14,15,16). The molecule has 0 aliphatic heterocycles. The van der Waals surface area contributed by atoms with Gasteiger partial charge in [0.1, 0.15) is 5.82 Å². The third-order valence-electron chi connectivity index (χ3n) is 1.74. The molecule has 0 bridgehead atoms. The van der Waals surface area contributed by atoms with Crippen LogP contribution in [0.25, 0.3) is 0 Å². The highest BCUT2D eigenvalue weighted by atomic mass is 32.2. The summed E-state index contributed by atoms with van der Waals surface area (Å²) in [6, 6.07) is 0. The molecule has 5 nitrogen and oxygen atoms in total. The molecule has 0 aromatic carbocycles. The third kappa shape index (κ3) is 4.29. The third-order valence-corrected chi connectivity index (χ3v) is 2.57. The van der Waals surface area contributed by atoms with Crippen molar-refractivity contribution in [2.75, 3.05) is 5.75 Å². The van der Waals surface area contributed by atoms with Crippen LogP contribution < -0.4 is 0 Å². The lowest BCUT2D eigenvalue weighted by Crippen LogP contribution is -2.35. The number of H-pyrrole nitrogens is 1. The van der Waals surface area contributed by atoms with Gasteiger partial charge in [0.25, 0.3) is 0 Å². The monoisotopic (exact) mass is 309 g/mol. The Bertz CT molecular complexity index is 442. The van der Waals surface area contributed by atoms with Crippen LogP contribution in [0.5, 0.6) is 0 Å². The van der Waals surface area contributed by atoms with Gasteiger partial charge in [-0.3, -0.25) is 9.89 Å². The van der Waals surface area contributed by atoms with Gasteiger partial charge >= 0.3 is 18.3 Å². The Balaban J connectivity index is 2.96. The molecule has 0 saturated heterocycles. The predicted molar refractivity (Wildman–Crippen MR) is 49.6 cm³/mol. The summed E-state index contributed by atoms with van der Waals surface area (Å²) < 4.78 is 73.9. The summed E-state index contributed by atoms with van der Waals surface area (Å²) in [7, 11) is 0. The van der Waals surface area contributed by atoms with E-state index in [-0.39, 0.29) is 0 Å². The molecule has 1 aromatic rings. The first-order valence-corrected chi connectivity index (χ1v) is 5.40. The summed E-state index contributed by atoms with van der Waals surface area (Å²) in [4.78, 5) is 13.2. The van der Waals surface area contributed by atoms with Gasteiger partial charge < -0.3 is 5.11 Å². The second kappa shape index (κ2) is 5.27. The maximum atomic E-state index is 12.3. The second-order valence-electron chi connectivity index (χ2n) is 3.20. The van der Waals surface area contributed by atoms with E-state index in [4.69, 9.17) is 5.11 Å². The maximum Gasteiger partial charge on any atom is 0.407 e. The first-order valence-electron chi connectivity index (χ1n) is 4.42. The fourth-order valence-corrected chi connectivity index (χ4v) is 1.60. The van der Waals surface area contributed by atoms with Crippen molar-refractivity contribution < 1.29 is 36.2 Å². The fraction of sp³-hybridized carbons (Fsp3) is 0.571. The molecule has 2 N–H and O–H groups in total. The van der Waals surface area contributed by atoms with Crippen molar-refractivity contribution >= 4 is 17.7 Å². The lowest BCUT2D eigenvalue weighted by atomic mass is 10.1. The van der Waals surface area contributed by atoms with Crippen LogP contribution in [0.2, 0.25) is 0 Å². The van der Waals surface area contributed by atoms with Gasteiger partial charge in [-0.15, -0.1) is 5.10 Å². The highest BCUT2D eigenvalue weighted by Crippen LogP contribution is 2.45. The number of rotatable bonds is 4. The van der Waals surface area contributed by atoms with Crippen molar-refractivity contribution in [3.8, 4) is 0 Å². The number of aromatic nitrogens is 3. The van der Waals surface area contributed by atoms with Gasteiger partial charge in [-0.1, -0.05) is 11.8 Å². The van der Waals surface area contributed by atoms with Crippen LogP contribution in [0.15, 0.2) is 5.16 Å². The van der Waals surface area contributed by atoms with Gasteiger partial charge in [0.15, 0.2) is 0 Å². The number of carboxylic acids is 1. The number of alkyl halides is 6. The second-order valence-corrected chi connectivity index (χ2v) is 4.14. The number of carbonyl (C=O) groups is 1. The molecule has 1 heterocycles. The summed E-state index contributed by atoms with van der Waals surface area (Å²) in [5.41, 5.74) is 0. The molecule has 0 aliphatic carbocycles. The Morgan fingerprint density at radius 2 is 1.79 bits per heavy atom. The van der Waals surface area contributed by atoms with E-state index in [0.29, 0.717) is 11.8 Å². The lowest BCUT2D eigenvalue weighted by Gasteiger charge is -2.20. The molecule has 0 aliphatic rings. The quantitative estimate of drug-likeness (QED) is 0.658. The van der Waals surface area contributed by atoms with Crippen LogP contribution >= 0.6 is 11.8 Å². The van der Waals surface area contributed by atoms with E-state index < -0.39 is 41.0 Å². The zero-order valence-electron chi connectivity index (χ0n) is 8.71. The van der Waals surface area contributed by atoms with Gasteiger partial charge in [0, 0.05) is 0 Å². The Labute approximate surface area is 105 Å². The smallest absolute Gasteiger partial charge is 0.407 e. The molecule has 0 amide bonds. The van der Waals surface area contributed by atoms with Crippen molar-refractivity contribution in [3.05, 3.63) is 5.82 Å². The van der Waals surface area contributed by atoms with Crippen LogP contribution in [0.4, 0.5) is 26.3 Å². The molecule has 0 fully saturated rings. The normalized spacial score (nSPS) is 13.0. The summed E-state index contributed by atoms with van der Waals surface area (Å²) >= 11 is 0.400. The minimum absolute atomic E-state index is 0.400. The number of hydrogen-bond acceptors (Lipinski definition) is 4. The SMILES string of the molecule is O=C(O)CSc1n[nH]c(C(C(F)(F)F)C(F)(F)F)n1. The Kier molecular flexibility index (Phi) is 4.32. The molecule has 1 aromatic heterocycles. The molecule has 1 rings (SSSR count). The first-order chi connectivity index (χ1) is 8.51. The van der Waals surface area contributed by atoms with Crippen molar-refractivity contribution in [2.24, 2.45) is 0 Å². The Morgan fingerprint density at radius 3 is 2.21 bits per heavy atom. The van der Waals surface area contributed by atoms with Gasteiger partial charge in [-0.2, -0.15) is 26.3 Å². The van der Waals surface area contributed by atoms with Gasteiger partial charge in [-0.25, -0.2) is 4.98 Å². The number of aromatic amines is 1. The maximum absolute atomic E-state index is 12.3. The molecule has 19 heavy (non-hydrogen) atoms.